The number of carbonyl (C=O) groups excluding carboxylic acids is 2. The van der Waals surface area contributed by atoms with E-state index >= 15 is 0 Å². The van der Waals surface area contributed by atoms with Crippen molar-refractivity contribution < 1.29 is 18.7 Å². The molecule has 4 aliphatic carbocycles. The van der Waals surface area contributed by atoms with Crippen molar-refractivity contribution in [3.8, 4) is 5.75 Å². The number of hydrogen-bond donors (Lipinski definition) is 2. The van der Waals surface area contributed by atoms with Gasteiger partial charge in [-0.25, -0.2) is 4.39 Å². The van der Waals surface area contributed by atoms with Crippen LogP contribution in [0.4, 0.5) is 15.8 Å². The average molecular weight is 344 g/mol. The molecular weight excluding hydrogens is 323 g/mol. The van der Waals surface area contributed by atoms with E-state index in [1.54, 1.807) is 0 Å². The van der Waals surface area contributed by atoms with Gasteiger partial charge in [-0.05, 0) is 56.3 Å². The lowest BCUT2D eigenvalue weighted by atomic mass is 9.49. The standard InChI is InChI=1S/C19H21FN2O3/c20-13-4-14-17(25-9-16(23)21-14)15(5-13)22-18(24)19-6-10-1-11(7-19)3-12(2-10)8-19/h4-5,10-12H,1-3,6-9H2,(H,21,23)(H,22,24). The van der Waals surface area contributed by atoms with Gasteiger partial charge in [0.05, 0.1) is 16.8 Å². The molecule has 5 nitrogen and oxygen atoms in total. The first-order valence-corrected chi connectivity index (χ1v) is 9.08. The summed E-state index contributed by atoms with van der Waals surface area (Å²) in [6.45, 7) is -0.126. The molecule has 25 heavy (non-hydrogen) atoms. The number of hydrogen-bond acceptors (Lipinski definition) is 3. The second-order valence-electron chi connectivity index (χ2n) is 8.32. The Kier molecular flexibility index (Phi) is 3.15. The molecule has 0 aromatic heterocycles. The highest BCUT2D eigenvalue weighted by Crippen LogP contribution is 2.60. The van der Waals surface area contributed by atoms with E-state index in [1.807, 2.05) is 0 Å². The van der Waals surface area contributed by atoms with Crippen molar-refractivity contribution in [2.24, 2.45) is 23.2 Å². The SMILES string of the molecule is O=C1COc2c(cc(F)cc2NC(=O)C23CC4CC(CC(C4)C2)C3)N1. The van der Waals surface area contributed by atoms with Crippen LogP contribution in [0.3, 0.4) is 0 Å². The highest BCUT2D eigenvalue weighted by Gasteiger charge is 2.54. The zero-order valence-corrected chi connectivity index (χ0v) is 13.9. The quantitative estimate of drug-likeness (QED) is 0.865. The minimum Gasteiger partial charge on any atom is -0.479 e. The Hall–Kier alpha value is -2.11. The number of carbonyl (C=O) groups is 2. The molecule has 132 valence electrons. The number of halogens is 1. The molecule has 5 aliphatic rings. The smallest absolute Gasteiger partial charge is 0.262 e. The maximum absolute atomic E-state index is 13.9. The lowest BCUT2D eigenvalue weighted by Crippen LogP contribution is -2.51. The maximum atomic E-state index is 13.9. The van der Waals surface area contributed by atoms with Crippen LogP contribution in [0.15, 0.2) is 12.1 Å². The molecule has 6 rings (SSSR count). The molecule has 0 atom stereocenters. The second kappa shape index (κ2) is 5.19. The average Bonchev–Trinajstić information content (AvgIpc) is 2.52. The predicted octanol–water partition coefficient (Wildman–Crippen LogP) is 3.31. The molecule has 0 spiro atoms. The van der Waals surface area contributed by atoms with Crippen LogP contribution < -0.4 is 15.4 Å². The van der Waals surface area contributed by atoms with Gasteiger partial charge < -0.3 is 15.4 Å². The molecule has 6 heteroatoms. The van der Waals surface area contributed by atoms with Crippen LogP contribution >= 0.6 is 0 Å². The summed E-state index contributed by atoms with van der Waals surface area (Å²) in [5, 5.41) is 5.52. The van der Waals surface area contributed by atoms with Gasteiger partial charge in [-0.15, -0.1) is 0 Å². The number of fused-ring (bicyclic) bond motifs is 1. The summed E-state index contributed by atoms with van der Waals surface area (Å²) >= 11 is 0. The zero-order valence-electron chi connectivity index (χ0n) is 13.9. The summed E-state index contributed by atoms with van der Waals surface area (Å²) in [5.74, 6) is 1.48. The first kappa shape index (κ1) is 15.2. The fraction of sp³-hybridized carbons (Fsp3) is 0.579. The van der Waals surface area contributed by atoms with Gasteiger partial charge in [-0.2, -0.15) is 0 Å². The van der Waals surface area contributed by atoms with Crippen LogP contribution in [0.5, 0.6) is 5.75 Å². The summed E-state index contributed by atoms with van der Waals surface area (Å²) < 4.78 is 19.4. The van der Waals surface area contributed by atoms with Gasteiger partial charge in [0.2, 0.25) is 5.91 Å². The van der Waals surface area contributed by atoms with Crippen molar-refractivity contribution in [2.45, 2.75) is 38.5 Å². The first-order chi connectivity index (χ1) is 12.0. The van der Waals surface area contributed by atoms with Crippen molar-refractivity contribution in [3.63, 3.8) is 0 Å². The molecule has 4 fully saturated rings. The Balaban J connectivity index is 1.44. The van der Waals surface area contributed by atoms with Crippen LogP contribution in [-0.4, -0.2) is 18.4 Å². The Bertz CT molecular complexity index is 741. The third kappa shape index (κ3) is 2.41. The summed E-state index contributed by atoms with van der Waals surface area (Å²) in [6, 6.07) is 2.49. The number of anilines is 2. The lowest BCUT2D eigenvalue weighted by molar-refractivity contribution is -0.140. The number of rotatable bonds is 2. The summed E-state index contributed by atoms with van der Waals surface area (Å²) in [4.78, 5) is 24.6. The Morgan fingerprint density at radius 2 is 1.80 bits per heavy atom. The normalized spacial score (nSPS) is 34.9. The van der Waals surface area contributed by atoms with E-state index in [1.165, 1.54) is 31.4 Å². The van der Waals surface area contributed by atoms with E-state index in [9.17, 15) is 14.0 Å². The summed E-state index contributed by atoms with van der Waals surface area (Å²) in [6.07, 6.45) is 6.62. The predicted molar refractivity (Wildman–Crippen MR) is 89.8 cm³/mol. The third-order valence-electron chi connectivity index (χ3n) is 6.44. The molecule has 1 heterocycles. The van der Waals surface area contributed by atoms with Crippen LogP contribution in [-0.2, 0) is 9.59 Å². The first-order valence-electron chi connectivity index (χ1n) is 9.08. The van der Waals surface area contributed by atoms with Crippen molar-refractivity contribution in [3.05, 3.63) is 17.9 Å². The molecule has 2 amide bonds. The minimum atomic E-state index is -0.509. The zero-order chi connectivity index (χ0) is 17.2. The largest absolute Gasteiger partial charge is 0.479 e. The van der Waals surface area contributed by atoms with Crippen LogP contribution in [0.2, 0.25) is 0 Å². The summed E-state index contributed by atoms with van der Waals surface area (Å²) in [7, 11) is 0. The van der Waals surface area contributed by atoms with Crippen molar-refractivity contribution in [1.82, 2.24) is 0 Å². The lowest BCUT2D eigenvalue weighted by Gasteiger charge is -2.55. The van der Waals surface area contributed by atoms with Gasteiger partial charge in [-0.1, -0.05) is 0 Å². The van der Waals surface area contributed by atoms with E-state index < -0.39 is 5.82 Å². The van der Waals surface area contributed by atoms with Crippen LogP contribution in [0.1, 0.15) is 38.5 Å². The molecule has 0 saturated heterocycles. The molecule has 1 aromatic carbocycles. The number of ether oxygens (including phenoxy) is 1. The maximum Gasteiger partial charge on any atom is 0.262 e. The van der Waals surface area contributed by atoms with E-state index in [0.717, 1.165) is 19.3 Å². The van der Waals surface area contributed by atoms with Gasteiger partial charge in [0, 0.05) is 12.1 Å². The van der Waals surface area contributed by atoms with E-state index in [0.29, 0.717) is 29.2 Å². The molecule has 0 radical (unpaired) electrons. The molecule has 0 unspecified atom stereocenters. The van der Waals surface area contributed by atoms with Crippen LogP contribution in [0, 0.1) is 29.0 Å². The number of amides is 2. The summed E-state index contributed by atoms with van der Waals surface area (Å²) in [5.41, 5.74) is 0.277. The van der Waals surface area contributed by atoms with E-state index in [4.69, 9.17) is 4.74 Å². The Labute approximate surface area is 145 Å². The van der Waals surface area contributed by atoms with Gasteiger partial charge in [0.25, 0.3) is 5.91 Å². The molecule has 1 aromatic rings. The third-order valence-corrected chi connectivity index (χ3v) is 6.44. The molecule has 2 N–H and O–H groups in total. The van der Waals surface area contributed by atoms with Gasteiger partial charge in [0.15, 0.2) is 12.4 Å². The Morgan fingerprint density at radius 1 is 1.16 bits per heavy atom. The van der Waals surface area contributed by atoms with E-state index in [2.05, 4.69) is 10.6 Å². The molecule has 1 aliphatic heterocycles. The van der Waals surface area contributed by atoms with Gasteiger partial charge >= 0.3 is 0 Å². The topological polar surface area (TPSA) is 67.4 Å². The van der Waals surface area contributed by atoms with Crippen LogP contribution in [0.25, 0.3) is 0 Å². The van der Waals surface area contributed by atoms with Crippen molar-refractivity contribution in [2.75, 3.05) is 17.2 Å². The molecule has 4 bridgehead atoms. The van der Waals surface area contributed by atoms with Gasteiger partial charge in [-0.3, -0.25) is 9.59 Å². The van der Waals surface area contributed by atoms with Crippen molar-refractivity contribution >= 4 is 23.2 Å². The fourth-order valence-corrected chi connectivity index (χ4v) is 5.90. The molecular formula is C19H21FN2O3. The minimum absolute atomic E-state index is 0.0140. The second-order valence-corrected chi connectivity index (χ2v) is 8.32. The van der Waals surface area contributed by atoms with Crippen molar-refractivity contribution in [1.29, 1.82) is 0 Å². The Morgan fingerprint density at radius 3 is 2.44 bits per heavy atom. The monoisotopic (exact) mass is 344 g/mol. The van der Waals surface area contributed by atoms with E-state index in [-0.39, 0.29) is 29.5 Å². The van der Waals surface area contributed by atoms with Gasteiger partial charge in [0.1, 0.15) is 5.82 Å². The molecule has 4 saturated carbocycles. The highest BCUT2D eigenvalue weighted by molar-refractivity contribution is 6.01. The fourth-order valence-electron chi connectivity index (χ4n) is 5.90. The highest BCUT2D eigenvalue weighted by atomic mass is 19.1. The number of benzene rings is 1. The number of nitrogens with one attached hydrogen (secondary N) is 2.